The number of nitrogens with one attached hydrogen (secondary N) is 1. The summed E-state index contributed by atoms with van der Waals surface area (Å²) in [7, 11) is 0. The van der Waals surface area contributed by atoms with E-state index in [1.807, 2.05) is 0 Å². The van der Waals surface area contributed by atoms with Crippen LogP contribution < -0.4 is 10.2 Å². The molecule has 0 bridgehead atoms. The van der Waals surface area contributed by atoms with Gasteiger partial charge in [0.25, 0.3) is 5.89 Å². The minimum absolute atomic E-state index is 0.000771. The third-order valence-electron chi connectivity index (χ3n) is 4.99. The van der Waals surface area contributed by atoms with Crippen molar-refractivity contribution in [1.82, 2.24) is 25.5 Å². The molecule has 0 saturated carbocycles. The van der Waals surface area contributed by atoms with Gasteiger partial charge >= 0.3 is 6.03 Å². The first-order valence-electron chi connectivity index (χ1n) is 9.70. The van der Waals surface area contributed by atoms with Crippen molar-refractivity contribution in [2.45, 2.75) is 12.8 Å². The number of rotatable bonds is 4. The SMILES string of the molecule is O=C1NCCCN1c1nc(-c2nnc(Cc3ccc(F)cc3)o2)c(O)c2ncccc12. The van der Waals surface area contributed by atoms with Gasteiger partial charge in [0.15, 0.2) is 11.4 Å². The summed E-state index contributed by atoms with van der Waals surface area (Å²) >= 11 is 0. The number of hydrogen-bond donors (Lipinski definition) is 2. The third-order valence-corrected chi connectivity index (χ3v) is 4.99. The number of hydrogen-bond acceptors (Lipinski definition) is 7. The van der Waals surface area contributed by atoms with E-state index in [0.29, 0.717) is 30.7 Å². The Bertz CT molecular complexity index is 1270. The number of carbonyl (C=O) groups is 1. The Morgan fingerprint density at radius 1 is 1.19 bits per heavy atom. The van der Waals surface area contributed by atoms with Crippen LogP contribution in [0.1, 0.15) is 17.9 Å². The maximum atomic E-state index is 13.1. The molecule has 4 heterocycles. The molecule has 0 unspecified atom stereocenters. The molecule has 1 aromatic carbocycles. The van der Waals surface area contributed by atoms with E-state index in [2.05, 4.69) is 25.5 Å². The van der Waals surface area contributed by atoms with Crippen molar-refractivity contribution in [2.75, 3.05) is 18.0 Å². The van der Waals surface area contributed by atoms with Crippen LogP contribution in [0.2, 0.25) is 0 Å². The molecule has 0 spiro atoms. The molecular weight excluding hydrogens is 403 g/mol. The Labute approximate surface area is 175 Å². The number of pyridine rings is 2. The second-order valence-corrected chi connectivity index (χ2v) is 7.07. The number of fused-ring (bicyclic) bond motifs is 1. The first-order chi connectivity index (χ1) is 15.1. The fraction of sp³-hybridized carbons (Fsp3) is 0.190. The third kappa shape index (κ3) is 3.52. The number of benzene rings is 1. The van der Waals surface area contributed by atoms with E-state index in [1.165, 1.54) is 17.0 Å². The van der Waals surface area contributed by atoms with Crippen molar-refractivity contribution in [2.24, 2.45) is 0 Å². The van der Waals surface area contributed by atoms with E-state index in [0.717, 1.165) is 12.0 Å². The van der Waals surface area contributed by atoms with Crippen molar-refractivity contribution in [3.05, 3.63) is 59.9 Å². The zero-order chi connectivity index (χ0) is 21.4. The van der Waals surface area contributed by atoms with Crippen LogP contribution in [-0.4, -0.2) is 44.4 Å². The zero-order valence-electron chi connectivity index (χ0n) is 16.2. The highest BCUT2D eigenvalue weighted by atomic mass is 19.1. The van der Waals surface area contributed by atoms with E-state index in [9.17, 15) is 14.3 Å². The highest BCUT2D eigenvalue weighted by Crippen LogP contribution is 2.37. The molecule has 1 saturated heterocycles. The number of carbonyl (C=O) groups excluding carboxylic acids is 1. The summed E-state index contributed by atoms with van der Waals surface area (Å²) in [6.07, 6.45) is 2.59. The molecule has 1 aliphatic heterocycles. The molecule has 4 aromatic rings. The molecule has 0 aliphatic carbocycles. The summed E-state index contributed by atoms with van der Waals surface area (Å²) in [6.45, 7) is 1.07. The molecule has 3 aromatic heterocycles. The molecule has 0 radical (unpaired) electrons. The maximum Gasteiger partial charge on any atom is 0.323 e. The van der Waals surface area contributed by atoms with Crippen LogP contribution in [0.15, 0.2) is 47.0 Å². The lowest BCUT2D eigenvalue weighted by Crippen LogP contribution is -2.47. The molecule has 0 atom stereocenters. The van der Waals surface area contributed by atoms with Crippen LogP contribution in [-0.2, 0) is 6.42 Å². The number of anilines is 1. The van der Waals surface area contributed by atoms with Crippen molar-refractivity contribution >= 4 is 22.8 Å². The minimum Gasteiger partial charge on any atom is -0.504 e. The van der Waals surface area contributed by atoms with Gasteiger partial charge in [-0.2, -0.15) is 0 Å². The lowest BCUT2D eigenvalue weighted by molar-refractivity contribution is 0.242. The molecule has 10 heteroatoms. The van der Waals surface area contributed by atoms with E-state index in [1.54, 1.807) is 30.5 Å². The van der Waals surface area contributed by atoms with Crippen LogP contribution in [0.25, 0.3) is 22.5 Å². The molecule has 156 valence electrons. The molecule has 1 fully saturated rings. The molecule has 9 nitrogen and oxygen atoms in total. The second-order valence-electron chi connectivity index (χ2n) is 7.07. The van der Waals surface area contributed by atoms with Crippen molar-refractivity contribution in [3.63, 3.8) is 0 Å². The van der Waals surface area contributed by atoms with Gasteiger partial charge in [0.05, 0.1) is 6.42 Å². The predicted octanol–water partition coefficient (Wildman–Crippen LogP) is 3.04. The van der Waals surface area contributed by atoms with Crippen LogP contribution in [0.5, 0.6) is 5.75 Å². The summed E-state index contributed by atoms with van der Waals surface area (Å²) in [6, 6.07) is 9.13. The van der Waals surface area contributed by atoms with Crippen LogP contribution in [0.4, 0.5) is 15.0 Å². The maximum absolute atomic E-state index is 13.1. The number of amides is 2. The fourth-order valence-corrected chi connectivity index (χ4v) is 3.49. The zero-order valence-corrected chi connectivity index (χ0v) is 16.2. The Kier molecular flexibility index (Phi) is 4.66. The molecule has 1 aliphatic rings. The molecule has 2 amide bonds. The Hall–Kier alpha value is -4.08. The van der Waals surface area contributed by atoms with Crippen LogP contribution in [0, 0.1) is 5.82 Å². The molecule has 2 N–H and O–H groups in total. The number of urea groups is 1. The Morgan fingerprint density at radius 3 is 2.84 bits per heavy atom. The first kappa shape index (κ1) is 18.9. The predicted molar refractivity (Wildman–Crippen MR) is 109 cm³/mol. The second kappa shape index (κ2) is 7.63. The summed E-state index contributed by atoms with van der Waals surface area (Å²) < 4.78 is 18.8. The molecule has 5 rings (SSSR count). The summed E-state index contributed by atoms with van der Waals surface area (Å²) in [5.74, 6) is 0.0872. The number of aromatic hydroxyl groups is 1. The van der Waals surface area contributed by atoms with Gasteiger partial charge in [-0.05, 0) is 36.2 Å². The van der Waals surface area contributed by atoms with E-state index >= 15 is 0 Å². The Balaban J connectivity index is 1.57. The van der Waals surface area contributed by atoms with Gasteiger partial charge in [0, 0.05) is 24.7 Å². The number of aromatic nitrogens is 4. The van der Waals surface area contributed by atoms with Crippen LogP contribution >= 0.6 is 0 Å². The van der Waals surface area contributed by atoms with Gasteiger partial charge in [0.1, 0.15) is 17.2 Å². The minimum atomic E-state index is -0.331. The number of nitrogens with zero attached hydrogens (tertiary/aromatic N) is 5. The van der Waals surface area contributed by atoms with Gasteiger partial charge in [-0.25, -0.2) is 14.2 Å². The topological polar surface area (TPSA) is 117 Å². The van der Waals surface area contributed by atoms with Gasteiger partial charge < -0.3 is 14.8 Å². The van der Waals surface area contributed by atoms with Gasteiger partial charge in [-0.3, -0.25) is 9.88 Å². The lowest BCUT2D eigenvalue weighted by Gasteiger charge is -2.27. The highest BCUT2D eigenvalue weighted by Gasteiger charge is 2.27. The fourth-order valence-electron chi connectivity index (χ4n) is 3.49. The van der Waals surface area contributed by atoms with Crippen molar-refractivity contribution < 1.29 is 18.7 Å². The van der Waals surface area contributed by atoms with Crippen molar-refractivity contribution in [1.29, 1.82) is 0 Å². The first-order valence-corrected chi connectivity index (χ1v) is 9.70. The van der Waals surface area contributed by atoms with Gasteiger partial charge in [0.2, 0.25) is 5.89 Å². The van der Waals surface area contributed by atoms with Gasteiger partial charge in [-0.15, -0.1) is 10.2 Å². The normalized spacial score (nSPS) is 14.1. The smallest absolute Gasteiger partial charge is 0.323 e. The van der Waals surface area contributed by atoms with Gasteiger partial charge in [-0.1, -0.05) is 12.1 Å². The van der Waals surface area contributed by atoms with E-state index in [-0.39, 0.29) is 40.6 Å². The average Bonchev–Trinajstić information content (AvgIpc) is 3.25. The molecular formula is C21H17FN6O3. The summed E-state index contributed by atoms with van der Waals surface area (Å²) in [5, 5.41) is 22.2. The monoisotopic (exact) mass is 420 g/mol. The van der Waals surface area contributed by atoms with E-state index < -0.39 is 0 Å². The molecule has 31 heavy (non-hydrogen) atoms. The van der Waals surface area contributed by atoms with Crippen LogP contribution in [0.3, 0.4) is 0 Å². The van der Waals surface area contributed by atoms with E-state index in [4.69, 9.17) is 4.42 Å². The number of halogens is 1. The largest absolute Gasteiger partial charge is 0.504 e. The standard InChI is InChI=1S/C21H17FN6O3/c22-13-6-4-12(5-7-13)11-15-26-27-20(31-15)17-18(29)16-14(3-1-8-23-16)19(25-17)28-10-2-9-24-21(28)30/h1,3-8,29H,2,9-11H2,(H,24,30). The summed E-state index contributed by atoms with van der Waals surface area (Å²) in [5.41, 5.74) is 1.11. The summed E-state index contributed by atoms with van der Waals surface area (Å²) in [4.78, 5) is 22.7. The van der Waals surface area contributed by atoms with Crippen molar-refractivity contribution in [3.8, 4) is 17.3 Å². The highest BCUT2D eigenvalue weighted by molar-refractivity contribution is 6.04. The Morgan fingerprint density at radius 2 is 2.03 bits per heavy atom. The average molecular weight is 420 g/mol. The quantitative estimate of drug-likeness (QED) is 0.521. The lowest BCUT2D eigenvalue weighted by atomic mass is 10.1.